The lowest BCUT2D eigenvalue weighted by Crippen LogP contribution is -2.01. The normalized spacial score (nSPS) is 11.5. The first kappa shape index (κ1) is 20.6. The van der Waals surface area contributed by atoms with Crippen molar-refractivity contribution in [3.8, 4) is 27.9 Å². The topological polar surface area (TPSA) is 30.7 Å². The van der Waals surface area contributed by atoms with Crippen LogP contribution in [-0.4, -0.2) is 14.5 Å². The zero-order chi connectivity index (χ0) is 24.1. The van der Waals surface area contributed by atoms with E-state index in [0.29, 0.717) is 0 Å². The van der Waals surface area contributed by atoms with Crippen molar-refractivity contribution in [2.45, 2.75) is 6.92 Å². The number of pyridine rings is 1. The van der Waals surface area contributed by atoms with Gasteiger partial charge in [-0.1, -0.05) is 84.9 Å². The van der Waals surface area contributed by atoms with Gasteiger partial charge in [-0.15, -0.1) is 0 Å². The van der Waals surface area contributed by atoms with Crippen molar-refractivity contribution >= 4 is 32.6 Å². The van der Waals surface area contributed by atoms with E-state index >= 15 is 0 Å². The van der Waals surface area contributed by atoms with Crippen LogP contribution in [0.2, 0.25) is 0 Å². The highest BCUT2D eigenvalue weighted by Crippen LogP contribution is 2.44. The number of fused-ring (bicyclic) bond motifs is 3. The molecule has 7 rings (SSSR count). The molecule has 0 saturated carbocycles. The third-order valence-corrected chi connectivity index (χ3v) is 7.04. The Morgan fingerprint density at radius 3 is 1.81 bits per heavy atom. The Hall–Kier alpha value is -4.76. The fourth-order valence-electron chi connectivity index (χ4n) is 5.55. The number of aryl methyl sites for hydroxylation is 1. The summed E-state index contributed by atoms with van der Waals surface area (Å²) in [5.74, 6) is 0.983. The Kier molecular flexibility index (Phi) is 4.68. The molecule has 0 bridgehead atoms. The van der Waals surface area contributed by atoms with Gasteiger partial charge in [0.1, 0.15) is 5.82 Å². The maximum atomic E-state index is 4.89. The van der Waals surface area contributed by atoms with Gasteiger partial charge in [0.15, 0.2) is 0 Å². The summed E-state index contributed by atoms with van der Waals surface area (Å²) < 4.78 is 2.32. The Balaban J connectivity index is 1.66. The summed E-state index contributed by atoms with van der Waals surface area (Å²) in [7, 11) is 0. The van der Waals surface area contributed by atoms with Crippen LogP contribution in [0.15, 0.2) is 122 Å². The van der Waals surface area contributed by atoms with Crippen molar-refractivity contribution in [2.75, 3.05) is 0 Å². The average molecular weight is 462 g/mol. The Morgan fingerprint density at radius 1 is 0.556 bits per heavy atom. The Labute approximate surface area is 209 Å². The van der Waals surface area contributed by atoms with E-state index in [9.17, 15) is 0 Å². The van der Waals surface area contributed by atoms with E-state index in [4.69, 9.17) is 4.98 Å². The number of hydrogen-bond acceptors (Lipinski definition) is 2. The van der Waals surface area contributed by atoms with Gasteiger partial charge in [0.25, 0.3) is 0 Å². The van der Waals surface area contributed by atoms with Gasteiger partial charge in [0.2, 0.25) is 0 Å². The fraction of sp³-hybridized carbons (Fsp3) is 0.0303. The smallest absolute Gasteiger partial charge is 0.111 e. The van der Waals surface area contributed by atoms with Crippen LogP contribution in [0.25, 0.3) is 60.5 Å². The molecule has 0 atom stereocenters. The molecule has 0 unspecified atom stereocenters. The second-order valence-electron chi connectivity index (χ2n) is 9.08. The third-order valence-electron chi connectivity index (χ3n) is 7.04. The Morgan fingerprint density at radius 2 is 1.11 bits per heavy atom. The molecule has 0 aliphatic rings. The maximum absolute atomic E-state index is 4.89. The minimum Gasteiger partial charge on any atom is -0.295 e. The molecule has 36 heavy (non-hydrogen) atoms. The van der Waals surface area contributed by atoms with Crippen LogP contribution in [0.1, 0.15) is 5.82 Å². The second kappa shape index (κ2) is 8.17. The van der Waals surface area contributed by atoms with Gasteiger partial charge in [0.05, 0.1) is 16.7 Å². The molecule has 2 heterocycles. The van der Waals surface area contributed by atoms with Crippen molar-refractivity contribution in [1.82, 2.24) is 14.5 Å². The van der Waals surface area contributed by atoms with Gasteiger partial charge in [0, 0.05) is 23.2 Å². The molecule has 0 aliphatic carbocycles. The summed E-state index contributed by atoms with van der Waals surface area (Å²) in [4.78, 5) is 9.13. The van der Waals surface area contributed by atoms with Crippen molar-refractivity contribution in [3.63, 3.8) is 0 Å². The highest BCUT2D eigenvalue weighted by molar-refractivity contribution is 6.19. The predicted octanol–water partition coefficient (Wildman–Crippen LogP) is 8.37. The number of benzene rings is 5. The molecule has 0 saturated heterocycles. The molecule has 0 aliphatic heterocycles. The van der Waals surface area contributed by atoms with Crippen molar-refractivity contribution in [1.29, 1.82) is 0 Å². The van der Waals surface area contributed by atoms with Crippen LogP contribution < -0.4 is 0 Å². The molecule has 170 valence electrons. The SMILES string of the molecule is Cc1nc2ccccc2n1-c1c2ccccc2c(-c2ccccc2-c2ccncc2)c2ccccc12. The van der Waals surface area contributed by atoms with E-state index in [2.05, 4.69) is 126 Å². The molecule has 0 N–H and O–H groups in total. The van der Waals surface area contributed by atoms with E-state index in [1.807, 2.05) is 12.4 Å². The van der Waals surface area contributed by atoms with Crippen LogP contribution in [-0.2, 0) is 0 Å². The molecule has 5 aromatic carbocycles. The lowest BCUT2D eigenvalue weighted by molar-refractivity contribution is 1.02. The molecule has 0 amide bonds. The number of para-hydroxylation sites is 2. The predicted molar refractivity (Wildman–Crippen MR) is 149 cm³/mol. The van der Waals surface area contributed by atoms with Gasteiger partial charge < -0.3 is 0 Å². The summed E-state index contributed by atoms with van der Waals surface area (Å²) in [6.45, 7) is 2.09. The number of imidazole rings is 1. The molecule has 3 heteroatoms. The van der Waals surface area contributed by atoms with Crippen LogP contribution >= 0.6 is 0 Å². The number of nitrogens with zero attached hydrogens (tertiary/aromatic N) is 3. The van der Waals surface area contributed by atoms with E-state index < -0.39 is 0 Å². The zero-order valence-corrected chi connectivity index (χ0v) is 19.9. The Bertz CT molecular complexity index is 1840. The summed E-state index contributed by atoms with van der Waals surface area (Å²) in [5, 5.41) is 4.87. The molecule has 0 spiro atoms. The summed E-state index contributed by atoms with van der Waals surface area (Å²) in [6, 6.07) is 38.7. The van der Waals surface area contributed by atoms with Crippen LogP contribution in [0, 0.1) is 6.92 Å². The maximum Gasteiger partial charge on any atom is 0.111 e. The highest BCUT2D eigenvalue weighted by Gasteiger charge is 2.20. The minimum atomic E-state index is 0.983. The molecule has 2 aromatic heterocycles. The number of aromatic nitrogens is 3. The standard InChI is InChI=1S/C33H23N3/c1-22-35-30-16-8-9-17-31(30)36(22)33-28-14-6-4-12-26(28)32(27-13-5-7-15-29(27)33)25-11-3-2-10-24(25)23-18-20-34-21-19-23/h2-21H,1H3. The van der Waals surface area contributed by atoms with Gasteiger partial charge in [-0.25, -0.2) is 4.98 Å². The molecule has 3 nitrogen and oxygen atoms in total. The van der Waals surface area contributed by atoms with E-state index in [0.717, 1.165) is 22.4 Å². The first-order valence-electron chi connectivity index (χ1n) is 12.2. The number of hydrogen-bond donors (Lipinski definition) is 0. The quantitative estimate of drug-likeness (QED) is 0.247. The van der Waals surface area contributed by atoms with Gasteiger partial charge in [-0.05, 0) is 64.2 Å². The lowest BCUT2D eigenvalue weighted by Gasteiger charge is -2.20. The van der Waals surface area contributed by atoms with Crippen molar-refractivity contribution < 1.29 is 0 Å². The second-order valence-corrected chi connectivity index (χ2v) is 9.08. The van der Waals surface area contributed by atoms with Crippen molar-refractivity contribution in [3.05, 3.63) is 127 Å². The summed E-state index contributed by atoms with van der Waals surface area (Å²) in [6.07, 6.45) is 3.72. The van der Waals surface area contributed by atoms with Gasteiger partial charge >= 0.3 is 0 Å². The summed E-state index contributed by atoms with van der Waals surface area (Å²) >= 11 is 0. The third kappa shape index (κ3) is 3.06. The molecular formula is C33H23N3. The first-order valence-corrected chi connectivity index (χ1v) is 12.2. The zero-order valence-electron chi connectivity index (χ0n) is 19.9. The average Bonchev–Trinajstić information content (AvgIpc) is 3.27. The number of rotatable bonds is 3. The minimum absolute atomic E-state index is 0.983. The molecular weight excluding hydrogens is 438 g/mol. The van der Waals surface area contributed by atoms with Crippen LogP contribution in [0.4, 0.5) is 0 Å². The van der Waals surface area contributed by atoms with Gasteiger partial charge in [-0.2, -0.15) is 0 Å². The monoisotopic (exact) mass is 461 g/mol. The van der Waals surface area contributed by atoms with Crippen LogP contribution in [0.5, 0.6) is 0 Å². The van der Waals surface area contributed by atoms with E-state index in [1.54, 1.807) is 0 Å². The lowest BCUT2D eigenvalue weighted by atomic mass is 9.87. The van der Waals surface area contributed by atoms with Crippen molar-refractivity contribution in [2.24, 2.45) is 0 Å². The summed E-state index contributed by atoms with van der Waals surface area (Å²) in [5.41, 5.74) is 8.14. The van der Waals surface area contributed by atoms with E-state index in [1.165, 1.54) is 43.9 Å². The van der Waals surface area contributed by atoms with Gasteiger partial charge in [-0.3, -0.25) is 9.55 Å². The first-order chi connectivity index (χ1) is 17.8. The molecule has 0 radical (unpaired) electrons. The molecule has 0 fully saturated rings. The fourth-order valence-corrected chi connectivity index (χ4v) is 5.55. The van der Waals surface area contributed by atoms with E-state index in [-0.39, 0.29) is 0 Å². The van der Waals surface area contributed by atoms with Crippen LogP contribution in [0.3, 0.4) is 0 Å². The molecule has 7 aromatic rings. The highest BCUT2D eigenvalue weighted by atomic mass is 15.1. The largest absolute Gasteiger partial charge is 0.295 e.